The maximum atomic E-state index is 12.6. The number of benzene rings is 1. The van der Waals surface area contributed by atoms with E-state index in [2.05, 4.69) is 21.5 Å². The highest BCUT2D eigenvalue weighted by molar-refractivity contribution is 7.14. The fraction of sp³-hybridized carbons (Fsp3) is 0.278. The average Bonchev–Trinajstić information content (AvgIpc) is 2.95. The number of nitrogens with one attached hydrogen (secondary N) is 2. The van der Waals surface area contributed by atoms with Crippen molar-refractivity contribution < 1.29 is 9.59 Å². The Bertz CT molecular complexity index is 803. The van der Waals surface area contributed by atoms with Crippen molar-refractivity contribution in [3.8, 4) is 12.3 Å². The van der Waals surface area contributed by atoms with Gasteiger partial charge in [0.1, 0.15) is 4.88 Å². The van der Waals surface area contributed by atoms with Gasteiger partial charge in [-0.2, -0.15) is 0 Å². The number of thiazole rings is 1. The third-order valence-electron chi connectivity index (χ3n) is 3.28. The predicted molar refractivity (Wildman–Crippen MR) is 96.5 cm³/mol. The average molecular weight is 341 g/mol. The van der Waals surface area contributed by atoms with E-state index in [9.17, 15) is 9.59 Å². The Morgan fingerprint density at radius 3 is 2.62 bits per heavy atom. The second kappa shape index (κ2) is 7.75. The van der Waals surface area contributed by atoms with Gasteiger partial charge in [-0.15, -0.1) is 17.8 Å². The van der Waals surface area contributed by atoms with E-state index < -0.39 is 0 Å². The second-order valence-corrected chi connectivity index (χ2v) is 6.54. The molecule has 0 saturated carbocycles. The third kappa shape index (κ3) is 4.00. The largest absolute Gasteiger partial charge is 0.341 e. The molecular weight excluding hydrogens is 322 g/mol. The van der Waals surface area contributed by atoms with Gasteiger partial charge in [0.25, 0.3) is 11.8 Å². The molecule has 0 unspecified atom stereocenters. The first-order valence-electron chi connectivity index (χ1n) is 7.53. The Morgan fingerprint density at radius 2 is 2.00 bits per heavy atom. The van der Waals surface area contributed by atoms with Crippen LogP contribution in [0.2, 0.25) is 0 Å². The summed E-state index contributed by atoms with van der Waals surface area (Å²) in [7, 11) is 0. The van der Waals surface area contributed by atoms with Crippen LogP contribution in [0.5, 0.6) is 0 Å². The SMILES string of the molecule is C#CCNC(=O)c1ccccc1NC(=O)c1sc(C(C)C)nc1C. The molecule has 1 aromatic carbocycles. The van der Waals surface area contributed by atoms with Gasteiger partial charge >= 0.3 is 0 Å². The number of para-hydroxylation sites is 1. The number of aryl methyl sites for hydroxylation is 1. The highest BCUT2D eigenvalue weighted by atomic mass is 32.1. The van der Waals surface area contributed by atoms with Gasteiger partial charge in [-0.3, -0.25) is 9.59 Å². The van der Waals surface area contributed by atoms with Crippen LogP contribution in [0.3, 0.4) is 0 Å². The van der Waals surface area contributed by atoms with Crippen LogP contribution in [0.1, 0.15) is 50.5 Å². The van der Waals surface area contributed by atoms with E-state index in [0.29, 0.717) is 21.8 Å². The molecule has 0 aliphatic rings. The number of terminal acetylenes is 1. The Labute approximate surface area is 145 Å². The number of hydrogen-bond acceptors (Lipinski definition) is 4. The van der Waals surface area contributed by atoms with Crippen LogP contribution in [0.15, 0.2) is 24.3 Å². The van der Waals surface area contributed by atoms with Gasteiger partial charge in [0, 0.05) is 5.92 Å². The Balaban J connectivity index is 2.24. The second-order valence-electron chi connectivity index (χ2n) is 5.51. The molecular formula is C18H19N3O2S. The molecule has 0 bridgehead atoms. The molecule has 0 atom stereocenters. The van der Waals surface area contributed by atoms with E-state index in [1.54, 1.807) is 24.3 Å². The fourth-order valence-corrected chi connectivity index (χ4v) is 3.04. The van der Waals surface area contributed by atoms with Gasteiger partial charge < -0.3 is 10.6 Å². The maximum absolute atomic E-state index is 12.6. The lowest BCUT2D eigenvalue weighted by Crippen LogP contribution is -2.25. The number of aromatic nitrogens is 1. The van der Waals surface area contributed by atoms with Crippen molar-refractivity contribution >= 4 is 28.8 Å². The van der Waals surface area contributed by atoms with Crippen molar-refractivity contribution in [2.75, 3.05) is 11.9 Å². The minimum Gasteiger partial charge on any atom is -0.341 e. The van der Waals surface area contributed by atoms with Crippen LogP contribution in [0.25, 0.3) is 0 Å². The summed E-state index contributed by atoms with van der Waals surface area (Å²) in [4.78, 5) is 29.7. The van der Waals surface area contributed by atoms with Gasteiger partial charge in [0.2, 0.25) is 0 Å². The Kier molecular flexibility index (Phi) is 5.72. The van der Waals surface area contributed by atoms with Gasteiger partial charge in [0.15, 0.2) is 0 Å². The quantitative estimate of drug-likeness (QED) is 0.821. The number of carbonyl (C=O) groups is 2. The topological polar surface area (TPSA) is 71.1 Å². The van der Waals surface area contributed by atoms with Gasteiger partial charge in [-0.25, -0.2) is 4.98 Å². The highest BCUT2D eigenvalue weighted by Gasteiger charge is 2.19. The molecule has 0 fully saturated rings. The van der Waals surface area contributed by atoms with Crippen molar-refractivity contribution in [3.63, 3.8) is 0 Å². The zero-order chi connectivity index (χ0) is 17.7. The van der Waals surface area contributed by atoms with E-state index >= 15 is 0 Å². The summed E-state index contributed by atoms with van der Waals surface area (Å²) >= 11 is 1.37. The molecule has 1 heterocycles. The van der Waals surface area contributed by atoms with E-state index in [1.165, 1.54) is 11.3 Å². The molecule has 5 nitrogen and oxygen atoms in total. The predicted octanol–water partition coefficient (Wildman–Crippen LogP) is 3.19. The monoisotopic (exact) mass is 341 g/mol. The van der Waals surface area contributed by atoms with E-state index in [1.807, 2.05) is 20.8 Å². The summed E-state index contributed by atoms with van der Waals surface area (Å²) in [5.41, 5.74) is 1.50. The number of anilines is 1. The molecule has 6 heteroatoms. The molecule has 24 heavy (non-hydrogen) atoms. The number of amides is 2. The molecule has 124 valence electrons. The summed E-state index contributed by atoms with van der Waals surface area (Å²) in [6, 6.07) is 6.81. The molecule has 0 saturated heterocycles. The molecule has 2 amide bonds. The summed E-state index contributed by atoms with van der Waals surface area (Å²) in [5, 5.41) is 6.31. The zero-order valence-electron chi connectivity index (χ0n) is 13.8. The molecule has 0 spiro atoms. The van der Waals surface area contributed by atoms with Crippen molar-refractivity contribution in [3.05, 3.63) is 45.4 Å². The van der Waals surface area contributed by atoms with Crippen LogP contribution >= 0.6 is 11.3 Å². The lowest BCUT2D eigenvalue weighted by molar-refractivity contribution is 0.0959. The van der Waals surface area contributed by atoms with Gasteiger partial charge in [-0.05, 0) is 19.1 Å². The summed E-state index contributed by atoms with van der Waals surface area (Å²) in [5.74, 6) is 2.02. The van der Waals surface area contributed by atoms with Crippen molar-refractivity contribution in [1.29, 1.82) is 0 Å². The minimum atomic E-state index is -0.326. The van der Waals surface area contributed by atoms with Crippen molar-refractivity contribution in [2.45, 2.75) is 26.7 Å². The first-order valence-corrected chi connectivity index (χ1v) is 8.35. The smallest absolute Gasteiger partial charge is 0.267 e. The number of nitrogens with zero attached hydrogens (tertiary/aromatic N) is 1. The van der Waals surface area contributed by atoms with Crippen LogP contribution in [-0.4, -0.2) is 23.3 Å². The molecule has 2 rings (SSSR count). The van der Waals surface area contributed by atoms with E-state index in [-0.39, 0.29) is 24.3 Å². The minimum absolute atomic E-state index is 0.132. The summed E-state index contributed by atoms with van der Waals surface area (Å²) in [6.45, 7) is 6.01. The number of hydrogen-bond donors (Lipinski definition) is 2. The van der Waals surface area contributed by atoms with Crippen LogP contribution < -0.4 is 10.6 Å². The third-order valence-corrected chi connectivity index (χ3v) is 4.74. The first-order chi connectivity index (χ1) is 11.4. The van der Waals surface area contributed by atoms with Crippen molar-refractivity contribution in [1.82, 2.24) is 10.3 Å². The van der Waals surface area contributed by atoms with Crippen LogP contribution in [0, 0.1) is 19.3 Å². The standard InChI is InChI=1S/C18H19N3O2S/c1-5-10-19-16(22)13-8-6-7-9-14(13)21-17(23)15-12(4)20-18(24-15)11(2)3/h1,6-9,11H,10H2,2-4H3,(H,19,22)(H,21,23). The van der Waals surface area contributed by atoms with Crippen LogP contribution in [-0.2, 0) is 0 Å². The maximum Gasteiger partial charge on any atom is 0.267 e. The first kappa shape index (κ1) is 17.7. The Hall–Kier alpha value is -2.65. The zero-order valence-corrected chi connectivity index (χ0v) is 14.7. The lowest BCUT2D eigenvalue weighted by atomic mass is 10.1. The number of carbonyl (C=O) groups excluding carboxylic acids is 2. The normalized spacial score (nSPS) is 10.3. The highest BCUT2D eigenvalue weighted by Crippen LogP contribution is 2.26. The molecule has 0 aliphatic heterocycles. The van der Waals surface area contributed by atoms with Gasteiger partial charge in [-0.1, -0.05) is 31.9 Å². The van der Waals surface area contributed by atoms with Crippen molar-refractivity contribution in [2.24, 2.45) is 0 Å². The summed E-state index contributed by atoms with van der Waals surface area (Å²) in [6.07, 6.45) is 5.15. The molecule has 0 radical (unpaired) electrons. The lowest BCUT2D eigenvalue weighted by Gasteiger charge is -2.10. The summed E-state index contributed by atoms with van der Waals surface area (Å²) < 4.78 is 0. The van der Waals surface area contributed by atoms with Crippen LogP contribution in [0.4, 0.5) is 5.69 Å². The molecule has 2 aromatic rings. The fourth-order valence-electron chi connectivity index (χ4n) is 2.07. The van der Waals surface area contributed by atoms with Gasteiger partial charge in [0.05, 0.1) is 28.5 Å². The molecule has 0 aliphatic carbocycles. The Morgan fingerprint density at radius 1 is 1.29 bits per heavy atom. The van der Waals surface area contributed by atoms with E-state index in [4.69, 9.17) is 6.42 Å². The number of rotatable bonds is 5. The molecule has 2 N–H and O–H groups in total. The molecule has 1 aromatic heterocycles. The van der Waals surface area contributed by atoms with E-state index in [0.717, 1.165) is 5.01 Å².